The summed E-state index contributed by atoms with van der Waals surface area (Å²) in [5.74, 6) is -2.25. The molecule has 17 heteroatoms. The second-order valence-corrected chi connectivity index (χ2v) is 19.7. The Morgan fingerprint density at radius 1 is 0.938 bits per heavy atom. The molecule has 4 heterocycles. The number of nitrogens with one attached hydrogen (secondary N) is 3. The number of anilines is 2. The quantitative estimate of drug-likeness (QED) is 0.127. The summed E-state index contributed by atoms with van der Waals surface area (Å²) in [6.45, 7) is 2.71. The molecule has 14 nitrogen and oxygen atoms in total. The summed E-state index contributed by atoms with van der Waals surface area (Å²) in [6.07, 6.45) is 9.06. The van der Waals surface area contributed by atoms with Crippen molar-refractivity contribution in [1.29, 1.82) is 0 Å². The molecule has 4 fully saturated rings. The number of piperidine rings is 1. The summed E-state index contributed by atoms with van der Waals surface area (Å²) in [4.78, 5) is 71.5. The van der Waals surface area contributed by atoms with E-state index in [4.69, 9.17) is 5.10 Å². The van der Waals surface area contributed by atoms with Gasteiger partial charge in [0.15, 0.2) is 0 Å². The van der Waals surface area contributed by atoms with Crippen LogP contribution in [0.4, 0.5) is 24.5 Å². The monoisotopic (exact) mass is 894 g/mol. The van der Waals surface area contributed by atoms with Crippen LogP contribution >= 0.6 is 0 Å². The maximum absolute atomic E-state index is 13.6. The van der Waals surface area contributed by atoms with Crippen molar-refractivity contribution in [2.24, 2.45) is 11.3 Å². The molecule has 6 aliphatic rings. The number of aliphatic hydroxyl groups is 1. The molecule has 342 valence electrons. The van der Waals surface area contributed by atoms with Gasteiger partial charge in [0.1, 0.15) is 17.4 Å². The predicted octanol–water partition coefficient (Wildman–Crippen LogP) is 7.12. The number of halogens is 3. The van der Waals surface area contributed by atoms with Gasteiger partial charge in [-0.05, 0) is 145 Å². The van der Waals surface area contributed by atoms with E-state index >= 15 is 0 Å². The number of benzene rings is 2. The van der Waals surface area contributed by atoms with Crippen molar-refractivity contribution in [3.8, 4) is 0 Å². The van der Waals surface area contributed by atoms with E-state index in [9.17, 15) is 42.3 Å². The SMILES string of the molecule is CN(C[C@H]1CC[C@H](n2cc3cc(NC(=O)c4cccc(C(F)(F)F)n4)c4c(c3n2)CCC4(C)O)CC1)C1CCC2(CC1)CC(Nc1cccc3c1C(=O)N(C1CCC(=O)NC1=O)C3=O)C2. The zero-order valence-electron chi connectivity index (χ0n) is 36.5. The van der Waals surface area contributed by atoms with E-state index in [2.05, 4.69) is 32.9 Å². The smallest absolute Gasteiger partial charge is 0.385 e. The van der Waals surface area contributed by atoms with Crippen LogP contribution in [0.15, 0.2) is 48.7 Å². The molecule has 2 aliphatic heterocycles. The fourth-order valence-electron chi connectivity index (χ4n) is 12.0. The van der Waals surface area contributed by atoms with Gasteiger partial charge in [-0.25, -0.2) is 4.98 Å². The van der Waals surface area contributed by atoms with Crippen molar-refractivity contribution in [3.05, 3.63) is 82.3 Å². The molecule has 1 spiro atoms. The normalized spacial score (nSPS) is 29.0. The molecule has 10 rings (SSSR count). The van der Waals surface area contributed by atoms with E-state index in [1.165, 1.54) is 6.07 Å². The maximum Gasteiger partial charge on any atom is 0.433 e. The molecule has 65 heavy (non-hydrogen) atoms. The number of fused-ring (bicyclic) bond motifs is 4. The predicted molar refractivity (Wildman–Crippen MR) is 233 cm³/mol. The van der Waals surface area contributed by atoms with Gasteiger partial charge >= 0.3 is 6.18 Å². The van der Waals surface area contributed by atoms with E-state index in [1.54, 1.807) is 25.1 Å². The minimum atomic E-state index is -4.69. The molecular weight excluding hydrogens is 842 g/mol. The Hall–Kier alpha value is -5.68. The molecule has 2 aromatic heterocycles. The number of carbonyl (C=O) groups is 5. The highest BCUT2D eigenvalue weighted by Crippen LogP contribution is 2.53. The van der Waals surface area contributed by atoms with Gasteiger partial charge in [-0.3, -0.25) is 38.9 Å². The van der Waals surface area contributed by atoms with Gasteiger partial charge in [-0.2, -0.15) is 18.3 Å². The Balaban J connectivity index is 0.720. The van der Waals surface area contributed by atoms with Crippen LogP contribution in [0.2, 0.25) is 0 Å². The Bertz CT molecular complexity index is 2620. The second kappa shape index (κ2) is 16.0. The molecule has 2 aromatic carbocycles. The minimum absolute atomic E-state index is 0.0763. The first-order valence-electron chi connectivity index (χ1n) is 22.9. The molecular formula is C48H53F3N8O6. The number of aryl methyl sites for hydroxylation is 1. The van der Waals surface area contributed by atoms with Gasteiger partial charge in [0.25, 0.3) is 17.7 Å². The lowest BCUT2D eigenvalue weighted by Gasteiger charge is -2.53. The van der Waals surface area contributed by atoms with Gasteiger partial charge in [0, 0.05) is 53.6 Å². The Morgan fingerprint density at radius 2 is 1.68 bits per heavy atom. The van der Waals surface area contributed by atoms with Crippen LogP contribution in [-0.2, 0) is 27.8 Å². The molecule has 2 unspecified atom stereocenters. The molecule has 2 atom stereocenters. The average Bonchev–Trinajstić information content (AvgIpc) is 3.91. The largest absolute Gasteiger partial charge is 0.433 e. The lowest BCUT2D eigenvalue weighted by Crippen LogP contribution is -2.54. The van der Waals surface area contributed by atoms with Crippen LogP contribution in [-0.4, -0.2) is 90.9 Å². The number of rotatable bonds is 9. The van der Waals surface area contributed by atoms with Crippen LogP contribution < -0.4 is 16.0 Å². The lowest BCUT2D eigenvalue weighted by atomic mass is 9.57. The highest BCUT2D eigenvalue weighted by atomic mass is 19.4. The number of imide groups is 2. The number of alkyl halides is 3. The first kappa shape index (κ1) is 43.2. The number of aromatic nitrogens is 3. The standard InChI is InChI=1S/C48H53F3N8O6/c1-46(65)18-17-32-40(46)35(54-42(61)34-7-4-8-37(53-34)48(49,50)51)21-27-25-58(56-41(27)32)30-11-9-26(10-12-30)24-57(2)29-15-19-47(20-16-29)22-28(23-47)52-33-6-3-5-31-39(33)45(64)59(44(31)63)36-13-14-38(60)55-43(36)62/h3-8,21,25-26,28-30,36,52,65H,9-20,22-24H2,1-2H3,(H,54,61)(H,55,60,62)/t26-,28?,29?,30-,36?,46?,47?. The number of nitrogens with zero attached hydrogens (tertiary/aromatic N) is 5. The van der Waals surface area contributed by atoms with Crippen molar-refractivity contribution in [2.75, 3.05) is 24.2 Å². The third kappa shape index (κ3) is 7.87. The number of hydrogen-bond donors (Lipinski definition) is 4. The molecule has 1 saturated heterocycles. The molecule has 4 N–H and O–H groups in total. The summed E-state index contributed by atoms with van der Waals surface area (Å²) in [7, 11) is 2.25. The number of amides is 5. The van der Waals surface area contributed by atoms with Crippen LogP contribution in [0.3, 0.4) is 0 Å². The van der Waals surface area contributed by atoms with E-state index in [0.717, 1.165) is 104 Å². The molecule has 0 bridgehead atoms. The molecule has 4 aliphatic carbocycles. The molecule has 0 radical (unpaired) electrons. The first-order valence-corrected chi connectivity index (χ1v) is 22.9. The zero-order valence-corrected chi connectivity index (χ0v) is 36.5. The fourth-order valence-corrected chi connectivity index (χ4v) is 12.0. The van der Waals surface area contributed by atoms with Crippen LogP contribution in [0.1, 0.15) is 144 Å². The number of pyridine rings is 1. The third-order valence-electron chi connectivity index (χ3n) is 15.4. The van der Waals surface area contributed by atoms with Crippen LogP contribution in [0, 0.1) is 11.3 Å². The van der Waals surface area contributed by atoms with Gasteiger partial charge in [-0.1, -0.05) is 12.1 Å². The maximum atomic E-state index is 13.6. The summed E-state index contributed by atoms with van der Waals surface area (Å²) >= 11 is 0. The molecule has 5 amide bonds. The number of carbonyl (C=O) groups excluding carboxylic acids is 5. The van der Waals surface area contributed by atoms with Crippen molar-refractivity contribution in [2.45, 2.75) is 133 Å². The first-order chi connectivity index (χ1) is 31.0. The highest BCUT2D eigenvalue weighted by molar-refractivity contribution is 6.25. The van der Waals surface area contributed by atoms with E-state index in [-0.39, 0.29) is 41.6 Å². The lowest BCUT2D eigenvalue weighted by molar-refractivity contribution is -0.141. The summed E-state index contributed by atoms with van der Waals surface area (Å²) in [6, 6.07) is 10.1. The Kier molecular flexibility index (Phi) is 10.7. The van der Waals surface area contributed by atoms with Gasteiger partial charge < -0.3 is 20.6 Å². The van der Waals surface area contributed by atoms with E-state index in [0.29, 0.717) is 47.3 Å². The average molecular weight is 895 g/mol. The molecule has 4 aromatic rings. The van der Waals surface area contributed by atoms with Crippen LogP contribution in [0.5, 0.6) is 0 Å². The highest BCUT2D eigenvalue weighted by Gasteiger charge is 2.49. The van der Waals surface area contributed by atoms with Gasteiger partial charge in [0.05, 0.1) is 28.3 Å². The fraction of sp³-hybridized carbons (Fsp3) is 0.521. The second-order valence-electron chi connectivity index (χ2n) is 19.7. The van der Waals surface area contributed by atoms with Gasteiger partial charge in [-0.15, -0.1) is 0 Å². The van der Waals surface area contributed by atoms with Crippen LogP contribution in [0.25, 0.3) is 10.9 Å². The number of hydrogen-bond acceptors (Lipinski definition) is 10. The summed E-state index contributed by atoms with van der Waals surface area (Å²) in [5, 5.41) is 25.8. The van der Waals surface area contributed by atoms with Crippen molar-refractivity contribution < 1.29 is 42.3 Å². The molecule has 3 saturated carbocycles. The van der Waals surface area contributed by atoms with Crippen molar-refractivity contribution >= 4 is 51.8 Å². The Morgan fingerprint density at radius 3 is 2.40 bits per heavy atom. The summed E-state index contributed by atoms with van der Waals surface area (Å²) in [5.41, 5.74) is 1.19. The minimum Gasteiger partial charge on any atom is -0.385 e. The van der Waals surface area contributed by atoms with E-state index < -0.39 is 53.0 Å². The topological polar surface area (TPSA) is 179 Å². The zero-order chi connectivity index (χ0) is 45.6. The Labute approximate surface area is 373 Å². The summed E-state index contributed by atoms with van der Waals surface area (Å²) < 4.78 is 42.1. The van der Waals surface area contributed by atoms with E-state index in [1.807, 2.05) is 16.9 Å². The van der Waals surface area contributed by atoms with Crippen molar-refractivity contribution in [1.82, 2.24) is 29.9 Å². The van der Waals surface area contributed by atoms with Crippen molar-refractivity contribution in [3.63, 3.8) is 0 Å². The third-order valence-corrected chi connectivity index (χ3v) is 15.4. The van der Waals surface area contributed by atoms with Gasteiger partial charge in [0.2, 0.25) is 11.8 Å².